The molecule has 25 heavy (non-hydrogen) atoms. The smallest absolute Gasteiger partial charge is 0.314 e. The Morgan fingerprint density at radius 1 is 1.12 bits per heavy atom. The van der Waals surface area contributed by atoms with Gasteiger partial charge in [0.25, 0.3) is 0 Å². The zero-order valence-corrected chi connectivity index (χ0v) is 15.9. The van der Waals surface area contributed by atoms with Crippen molar-refractivity contribution in [3.05, 3.63) is 35.1 Å². The van der Waals surface area contributed by atoms with Gasteiger partial charge in [0.2, 0.25) is 0 Å². The molecule has 2 rings (SSSR count). The van der Waals surface area contributed by atoms with E-state index in [9.17, 15) is 17.6 Å². The summed E-state index contributed by atoms with van der Waals surface area (Å²) in [6, 6.07) is 3.37. The number of nitrogens with one attached hydrogen (secondary N) is 1. The van der Waals surface area contributed by atoms with Gasteiger partial charge in [0, 0.05) is 32.2 Å². The van der Waals surface area contributed by atoms with Gasteiger partial charge in [0.05, 0.1) is 5.56 Å². The van der Waals surface area contributed by atoms with Crippen molar-refractivity contribution in [2.24, 2.45) is 0 Å². The summed E-state index contributed by atoms with van der Waals surface area (Å²) in [5.74, 6) is -1.18. The highest BCUT2D eigenvalue weighted by atomic mass is 35.5. The van der Waals surface area contributed by atoms with Crippen LogP contribution in [0.3, 0.4) is 0 Å². The van der Waals surface area contributed by atoms with E-state index in [4.69, 9.17) is 0 Å². The Morgan fingerprint density at radius 2 is 1.76 bits per heavy atom. The van der Waals surface area contributed by atoms with Crippen LogP contribution in [0.5, 0.6) is 0 Å². The van der Waals surface area contributed by atoms with Crippen molar-refractivity contribution in [2.75, 3.05) is 26.2 Å². The number of unbranched alkanes of at least 4 members (excludes halogenated alkanes) is 2. The number of rotatable bonds is 6. The molecule has 0 amide bonds. The molecule has 1 aliphatic heterocycles. The van der Waals surface area contributed by atoms with Crippen molar-refractivity contribution < 1.29 is 17.6 Å². The Morgan fingerprint density at radius 3 is 2.28 bits per heavy atom. The molecular formula is C17H26Cl2F4N2. The molecule has 2 nitrogen and oxygen atoms in total. The summed E-state index contributed by atoms with van der Waals surface area (Å²) in [7, 11) is 0. The first-order valence-corrected chi connectivity index (χ1v) is 8.25. The summed E-state index contributed by atoms with van der Waals surface area (Å²) in [5, 5.41) is 3.26. The SMILES string of the molecule is CCCCC[C@H](c1ccc(C(F)(F)F)c(F)c1)N1CCNCC1.Cl.Cl. The molecule has 1 aromatic rings. The van der Waals surface area contributed by atoms with E-state index in [1.807, 2.05) is 0 Å². The summed E-state index contributed by atoms with van der Waals surface area (Å²) in [6.07, 6.45) is -0.650. The molecule has 0 bridgehead atoms. The number of alkyl halides is 3. The van der Waals surface area contributed by atoms with Crippen molar-refractivity contribution in [3.8, 4) is 0 Å². The van der Waals surface area contributed by atoms with E-state index in [1.165, 1.54) is 6.07 Å². The number of hydrogen-bond acceptors (Lipinski definition) is 2. The van der Waals surface area contributed by atoms with Gasteiger partial charge in [0.1, 0.15) is 5.82 Å². The van der Waals surface area contributed by atoms with E-state index >= 15 is 0 Å². The lowest BCUT2D eigenvalue weighted by Crippen LogP contribution is -2.45. The molecule has 0 aliphatic carbocycles. The van der Waals surface area contributed by atoms with E-state index in [2.05, 4.69) is 17.1 Å². The van der Waals surface area contributed by atoms with Gasteiger partial charge >= 0.3 is 6.18 Å². The highest BCUT2D eigenvalue weighted by Crippen LogP contribution is 2.34. The molecule has 1 aliphatic rings. The fraction of sp³-hybridized carbons (Fsp3) is 0.647. The number of nitrogens with zero attached hydrogens (tertiary/aromatic N) is 1. The zero-order chi connectivity index (χ0) is 16.9. The molecule has 0 aromatic heterocycles. The molecule has 8 heteroatoms. The Balaban J connectivity index is 0.00000288. The Hall–Kier alpha value is -0.560. The van der Waals surface area contributed by atoms with E-state index < -0.39 is 17.6 Å². The summed E-state index contributed by atoms with van der Waals surface area (Å²) in [5.41, 5.74) is -0.539. The van der Waals surface area contributed by atoms with Crippen LogP contribution in [0.15, 0.2) is 18.2 Å². The first-order chi connectivity index (χ1) is 10.9. The molecular weight excluding hydrogens is 379 g/mol. The standard InChI is InChI=1S/C17H24F4N2.2ClH/c1-2-3-4-5-16(23-10-8-22-9-11-23)13-6-7-14(15(18)12-13)17(19,20)21;;/h6-7,12,16,22H,2-5,8-11H2,1H3;2*1H/t16-;;/m1../s1. The summed E-state index contributed by atoms with van der Waals surface area (Å²) in [6.45, 7) is 5.48. The van der Waals surface area contributed by atoms with Gasteiger partial charge in [-0.25, -0.2) is 4.39 Å². The predicted molar refractivity (Wildman–Crippen MR) is 97.2 cm³/mol. The highest BCUT2D eigenvalue weighted by Gasteiger charge is 2.34. The van der Waals surface area contributed by atoms with Gasteiger partial charge in [-0.2, -0.15) is 13.2 Å². The number of halogens is 6. The van der Waals surface area contributed by atoms with Crippen molar-refractivity contribution in [2.45, 2.75) is 44.8 Å². The lowest BCUT2D eigenvalue weighted by molar-refractivity contribution is -0.140. The van der Waals surface area contributed by atoms with Crippen molar-refractivity contribution in [1.29, 1.82) is 0 Å². The monoisotopic (exact) mass is 404 g/mol. The molecule has 1 N–H and O–H groups in total. The maximum Gasteiger partial charge on any atom is 0.419 e. The van der Waals surface area contributed by atoms with E-state index in [1.54, 1.807) is 0 Å². The second kappa shape index (κ2) is 11.2. The molecule has 0 unspecified atom stereocenters. The van der Waals surface area contributed by atoms with Crippen LogP contribution < -0.4 is 5.32 Å². The molecule has 0 saturated carbocycles. The van der Waals surface area contributed by atoms with Gasteiger partial charge in [-0.15, -0.1) is 24.8 Å². The fourth-order valence-corrected chi connectivity index (χ4v) is 3.11. The first-order valence-electron chi connectivity index (χ1n) is 8.25. The van der Waals surface area contributed by atoms with Gasteiger partial charge in [-0.05, 0) is 24.1 Å². The average molecular weight is 405 g/mol. The van der Waals surface area contributed by atoms with Crippen molar-refractivity contribution in [3.63, 3.8) is 0 Å². The van der Waals surface area contributed by atoms with Gasteiger partial charge in [-0.1, -0.05) is 32.3 Å². The minimum atomic E-state index is -4.64. The fourth-order valence-electron chi connectivity index (χ4n) is 3.11. The van der Waals surface area contributed by atoms with Crippen LogP contribution in [-0.4, -0.2) is 31.1 Å². The minimum Gasteiger partial charge on any atom is -0.314 e. The zero-order valence-electron chi connectivity index (χ0n) is 14.2. The lowest BCUT2D eigenvalue weighted by atomic mass is 9.96. The van der Waals surface area contributed by atoms with Crippen molar-refractivity contribution in [1.82, 2.24) is 10.2 Å². The summed E-state index contributed by atoms with van der Waals surface area (Å²) >= 11 is 0. The Kier molecular flexibility index (Phi) is 11.0. The molecule has 0 radical (unpaired) electrons. The largest absolute Gasteiger partial charge is 0.419 e. The van der Waals surface area contributed by atoms with Crippen LogP contribution in [0.4, 0.5) is 17.6 Å². The maximum atomic E-state index is 13.9. The molecule has 1 fully saturated rings. The van der Waals surface area contributed by atoms with Crippen LogP contribution in [0.25, 0.3) is 0 Å². The normalized spacial score (nSPS) is 16.7. The second-order valence-corrected chi connectivity index (χ2v) is 6.03. The van der Waals surface area contributed by atoms with Crippen LogP contribution in [0.1, 0.15) is 49.8 Å². The molecule has 1 aromatic carbocycles. The van der Waals surface area contributed by atoms with Crippen LogP contribution in [-0.2, 0) is 6.18 Å². The maximum absolute atomic E-state index is 13.9. The molecule has 146 valence electrons. The Bertz CT molecular complexity index is 506. The van der Waals surface area contributed by atoms with E-state index in [0.29, 0.717) is 5.56 Å². The molecule has 0 spiro atoms. The van der Waals surface area contributed by atoms with Crippen molar-refractivity contribution >= 4 is 24.8 Å². The van der Waals surface area contributed by atoms with E-state index in [0.717, 1.165) is 64.0 Å². The predicted octanol–water partition coefficient (Wildman–Crippen LogP) is 5.21. The summed E-state index contributed by atoms with van der Waals surface area (Å²) < 4.78 is 52.1. The highest BCUT2D eigenvalue weighted by molar-refractivity contribution is 5.85. The van der Waals surface area contributed by atoms with Crippen LogP contribution >= 0.6 is 24.8 Å². The first kappa shape index (κ1) is 24.4. The topological polar surface area (TPSA) is 15.3 Å². The number of hydrogen-bond donors (Lipinski definition) is 1. The second-order valence-electron chi connectivity index (χ2n) is 6.03. The molecule has 1 atom stereocenters. The third-order valence-corrected chi connectivity index (χ3v) is 4.36. The van der Waals surface area contributed by atoms with Gasteiger partial charge in [-0.3, -0.25) is 4.90 Å². The molecule has 1 heterocycles. The summed E-state index contributed by atoms with van der Waals surface area (Å²) in [4.78, 5) is 2.24. The lowest BCUT2D eigenvalue weighted by Gasteiger charge is -2.35. The third kappa shape index (κ3) is 6.93. The number of benzene rings is 1. The minimum absolute atomic E-state index is 0. The van der Waals surface area contributed by atoms with E-state index in [-0.39, 0.29) is 30.9 Å². The number of piperazine rings is 1. The van der Waals surface area contributed by atoms with Gasteiger partial charge < -0.3 is 5.32 Å². The quantitative estimate of drug-likeness (QED) is 0.516. The van der Waals surface area contributed by atoms with Gasteiger partial charge in [0.15, 0.2) is 0 Å². The Labute approximate surface area is 159 Å². The average Bonchev–Trinajstić information content (AvgIpc) is 2.51. The third-order valence-electron chi connectivity index (χ3n) is 4.36. The van der Waals surface area contributed by atoms with Crippen LogP contribution in [0, 0.1) is 5.82 Å². The molecule has 1 saturated heterocycles. The van der Waals surface area contributed by atoms with Crippen LogP contribution in [0.2, 0.25) is 0 Å².